The first-order valence-corrected chi connectivity index (χ1v) is 6.96. The van der Waals surface area contributed by atoms with Crippen molar-refractivity contribution in [1.29, 1.82) is 0 Å². The van der Waals surface area contributed by atoms with Gasteiger partial charge in [-0.15, -0.1) is 0 Å². The normalized spacial score (nSPS) is 10.5. The van der Waals surface area contributed by atoms with Crippen molar-refractivity contribution in [2.75, 3.05) is 0 Å². The average molecular weight is 276 g/mol. The molecule has 1 heterocycles. The van der Waals surface area contributed by atoms with Crippen molar-refractivity contribution < 1.29 is 9.21 Å². The minimum Gasteiger partial charge on any atom is -0.453 e. The third kappa shape index (κ3) is 3.11. The molecule has 0 fully saturated rings. The summed E-state index contributed by atoms with van der Waals surface area (Å²) in [5.74, 6) is 1.14. The summed E-state index contributed by atoms with van der Waals surface area (Å²) in [4.78, 5) is 12.3. The average Bonchev–Trinajstić information content (AvgIpc) is 2.98. The highest BCUT2D eigenvalue weighted by molar-refractivity contribution is 5.95. The second-order valence-corrected chi connectivity index (χ2v) is 5.12. The molecular weight excluding hydrogens is 260 g/mol. The number of ketones is 1. The molecule has 3 aromatic rings. The van der Waals surface area contributed by atoms with E-state index in [-0.39, 0.29) is 5.78 Å². The maximum Gasteiger partial charge on any atom is 0.202 e. The van der Waals surface area contributed by atoms with Gasteiger partial charge in [-0.3, -0.25) is 4.79 Å². The van der Waals surface area contributed by atoms with Gasteiger partial charge in [0, 0.05) is 12.0 Å². The predicted octanol–water partition coefficient (Wildman–Crippen LogP) is 4.68. The van der Waals surface area contributed by atoms with Crippen molar-refractivity contribution in [3.63, 3.8) is 0 Å². The van der Waals surface area contributed by atoms with Gasteiger partial charge in [0.15, 0.2) is 5.76 Å². The van der Waals surface area contributed by atoms with Crippen LogP contribution in [0.1, 0.15) is 21.7 Å². The third-order valence-corrected chi connectivity index (χ3v) is 3.39. The molecule has 0 unspecified atom stereocenters. The molecule has 0 saturated heterocycles. The van der Waals surface area contributed by atoms with Crippen LogP contribution in [0.15, 0.2) is 71.1 Å². The van der Waals surface area contributed by atoms with Crippen LogP contribution >= 0.6 is 0 Å². The highest BCUT2D eigenvalue weighted by Gasteiger charge is 2.12. The van der Waals surface area contributed by atoms with E-state index in [0.29, 0.717) is 12.2 Å². The standard InChI is InChI=1S/C19H16O2/c1-14-6-5-7-15(12-14)13-17(20)19-11-10-18(21-19)16-8-3-2-4-9-16/h2-12H,13H2,1H3. The van der Waals surface area contributed by atoms with Gasteiger partial charge >= 0.3 is 0 Å². The molecular formula is C19H16O2. The Morgan fingerprint density at radius 3 is 2.52 bits per heavy atom. The van der Waals surface area contributed by atoms with E-state index in [1.807, 2.05) is 67.6 Å². The van der Waals surface area contributed by atoms with Gasteiger partial charge < -0.3 is 4.42 Å². The summed E-state index contributed by atoms with van der Waals surface area (Å²) in [6.07, 6.45) is 0.365. The number of carbonyl (C=O) groups excluding carboxylic acids is 1. The molecule has 3 rings (SSSR count). The molecule has 0 aliphatic rings. The van der Waals surface area contributed by atoms with Gasteiger partial charge in [0.25, 0.3) is 0 Å². The van der Waals surface area contributed by atoms with Crippen LogP contribution in [-0.2, 0) is 6.42 Å². The molecule has 2 heteroatoms. The number of hydrogen-bond donors (Lipinski definition) is 0. The monoisotopic (exact) mass is 276 g/mol. The van der Waals surface area contributed by atoms with Gasteiger partial charge in [-0.1, -0.05) is 60.2 Å². The Hall–Kier alpha value is -2.61. The van der Waals surface area contributed by atoms with E-state index in [2.05, 4.69) is 0 Å². The van der Waals surface area contributed by atoms with E-state index >= 15 is 0 Å². The zero-order valence-electron chi connectivity index (χ0n) is 11.9. The Balaban J connectivity index is 1.78. The summed E-state index contributed by atoms with van der Waals surface area (Å²) in [5.41, 5.74) is 3.15. The van der Waals surface area contributed by atoms with Crippen molar-refractivity contribution in [3.8, 4) is 11.3 Å². The zero-order valence-corrected chi connectivity index (χ0v) is 11.9. The van der Waals surface area contributed by atoms with Gasteiger partial charge in [-0.25, -0.2) is 0 Å². The maximum absolute atomic E-state index is 12.3. The first-order valence-electron chi connectivity index (χ1n) is 6.96. The van der Waals surface area contributed by atoms with Crippen LogP contribution in [0.4, 0.5) is 0 Å². The van der Waals surface area contributed by atoms with Crippen LogP contribution in [0.25, 0.3) is 11.3 Å². The number of rotatable bonds is 4. The Bertz CT molecular complexity index is 754. The molecule has 0 saturated carbocycles. The smallest absolute Gasteiger partial charge is 0.202 e. The molecule has 0 aliphatic heterocycles. The lowest BCUT2D eigenvalue weighted by atomic mass is 10.1. The molecule has 0 N–H and O–H groups in total. The lowest BCUT2D eigenvalue weighted by Gasteiger charge is -2.01. The lowest BCUT2D eigenvalue weighted by Crippen LogP contribution is -2.02. The number of aryl methyl sites for hydroxylation is 1. The third-order valence-electron chi connectivity index (χ3n) is 3.39. The van der Waals surface area contributed by atoms with Crippen LogP contribution < -0.4 is 0 Å². The first-order chi connectivity index (χ1) is 10.2. The Labute approximate surface area is 124 Å². The number of furan rings is 1. The molecule has 0 spiro atoms. The number of hydrogen-bond acceptors (Lipinski definition) is 2. The van der Waals surface area contributed by atoms with E-state index in [9.17, 15) is 4.79 Å². The molecule has 0 bridgehead atoms. The van der Waals surface area contributed by atoms with Gasteiger partial charge in [0.05, 0.1) is 0 Å². The largest absolute Gasteiger partial charge is 0.453 e. The van der Waals surface area contributed by atoms with Gasteiger partial charge in [-0.2, -0.15) is 0 Å². The summed E-state index contributed by atoms with van der Waals surface area (Å²) in [6, 6.07) is 21.4. The second kappa shape index (κ2) is 5.80. The Kier molecular flexibility index (Phi) is 3.69. The van der Waals surface area contributed by atoms with E-state index in [4.69, 9.17) is 4.42 Å². The highest BCUT2D eigenvalue weighted by atomic mass is 16.3. The number of Topliss-reactive ketones (excluding diaryl/α,β-unsaturated/α-hetero) is 1. The van der Waals surface area contributed by atoms with Crippen molar-refractivity contribution in [2.45, 2.75) is 13.3 Å². The minimum absolute atomic E-state index is 0.00258. The maximum atomic E-state index is 12.3. The van der Waals surface area contributed by atoms with Gasteiger partial charge in [-0.05, 0) is 24.6 Å². The molecule has 2 nitrogen and oxygen atoms in total. The summed E-state index contributed by atoms with van der Waals surface area (Å²) < 4.78 is 5.68. The minimum atomic E-state index is 0.00258. The number of carbonyl (C=O) groups is 1. The molecule has 0 aliphatic carbocycles. The van der Waals surface area contributed by atoms with E-state index < -0.39 is 0 Å². The molecule has 1 aromatic heterocycles. The molecule has 0 atom stereocenters. The van der Waals surface area contributed by atoms with Crippen molar-refractivity contribution in [3.05, 3.63) is 83.6 Å². The second-order valence-electron chi connectivity index (χ2n) is 5.12. The summed E-state index contributed by atoms with van der Waals surface area (Å²) >= 11 is 0. The summed E-state index contributed by atoms with van der Waals surface area (Å²) in [6.45, 7) is 2.02. The fourth-order valence-electron chi connectivity index (χ4n) is 2.34. The quantitative estimate of drug-likeness (QED) is 0.648. The predicted molar refractivity (Wildman–Crippen MR) is 83.4 cm³/mol. The fraction of sp³-hybridized carbons (Fsp3) is 0.105. The summed E-state index contributed by atoms with van der Waals surface area (Å²) in [5, 5.41) is 0. The van der Waals surface area contributed by atoms with Crippen LogP contribution in [0.2, 0.25) is 0 Å². The van der Waals surface area contributed by atoms with Crippen molar-refractivity contribution >= 4 is 5.78 Å². The van der Waals surface area contributed by atoms with Crippen LogP contribution in [0, 0.1) is 6.92 Å². The molecule has 21 heavy (non-hydrogen) atoms. The molecule has 0 radical (unpaired) electrons. The van der Waals surface area contributed by atoms with Crippen LogP contribution in [0.3, 0.4) is 0 Å². The highest BCUT2D eigenvalue weighted by Crippen LogP contribution is 2.22. The van der Waals surface area contributed by atoms with Gasteiger partial charge in [0.1, 0.15) is 5.76 Å². The topological polar surface area (TPSA) is 30.2 Å². The Morgan fingerprint density at radius 1 is 0.952 bits per heavy atom. The molecule has 2 aromatic carbocycles. The lowest BCUT2D eigenvalue weighted by molar-refractivity contribution is 0.0967. The summed E-state index contributed by atoms with van der Waals surface area (Å²) in [7, 11) is 0. The van der Waals surface area contributed by atoms with Crippen LogP contribution in [0.5, 0.6) is 0 Å². The van der Waals surface area contributed by atoms with Crippen molar-refractivity contribution in [1.82, 2.24) is 0 Å². The fourth-order valence-corrected chi connectivity index (χ4v) is 2.34. The zero-order chi connectivity index (χ0) is 14.7. The molecule has 0 amide bonds. The van der Waals surface area contributed by atoms with Crippen LogP contribution in [-0.4, -0.2) is 5.78 Å². The SMILES string of the molecule is Cc1cccc(CC(=O)c2ccc(-c3ccccc3)o2)c1. The van der Waals surface area contributed by atoms with Crippen molar-refractivity contribution in [2.24, 2.45) is 0 Å². The van der Waals surface area contributed by atoms with E-state index in [0.717, 1.165) is 22.5 Å². The van der Waals surface area contributed by atoms with E-state index in [1.54, 1.807) is 6.07 Å². The first kappa shape index (κ1) is 13.4. The van der Waals surface area contributed by atoms with E-state index in [1.165, 1.54) is 0 Å². The number of benzene rings is 2. The Morgan fingerprint density at radius 2 is 1.76 bits per heavy atom. The molecule has 104 valence electrons. The van der Waals surface area contributed by atoms with Gasteiger partial charge in [0.2, 0.25) is 5.78 Å².